The maximum absolute atomic E-state index is 14.2. The zero-order valence-electron chi connectivity index (χ0n) is 17.7. The van der Waals surface area contributed by atoms with Crippen LogP contribution in [0.2, 0.25) is 0 Å². The highest BCUT2D eigenvalue weighted by atomic mass is 19.4. The van der Waals surface area contributed by atoms with Crippen LogP contribution in [0.4, 0.5) is 17.6 Å². The van der Waals surface area contributed by atoms with Crippen molar-refractivity contribution in [1.82, 2.24) is 5.32 Å². The third-order valence-electron chi connectivity index (χ3n) is 4.26. The Kier molecular flexibility index (Phi) is 8.16. The fourth-order valence-electron chi connectivity index (χ4n) is 2.77. The molecular weight excluding hydrogens is 434 g/mol. The Morgan fingerprint density at radius 1 is 1.12 bits per heavy atom. The van der Waals surface area contributed by atoms with Gasteiger partial charge < -0.3 is 19.7 Å². The van der Waals surface area contributed by atoms with Gasteiger partial charge in [-0.15, -0.1) is 13.2 Å². The average molecular weight is 455 g/mol. The maximum Gasteiger partial charge on any atom is 0.573 e. The summed E-state index contributed by atoms with van der Waals surface area (Å²) >= 11 is 0. The van der Waals surface area contributed by atoms with Crippen molar-refractivity contribution >= 4 is 17.3 Å². The summed E-state index contributed by atoms with van der Waals surface area (Å²) in [5.74, 6) is -2.11. The number of carbonyl (C=O) groups is 1. The van der Waals surface area contributed by atoms with Gasteiger partial charge >= 0.3 is 6.36 Å². The fourth-order valence-corrected chi connectivity index (χ4v) is 2.77. The summed E-state index contributed by atoms with van der Waals surface area (Å²) in [5.41, 5.74) is 1.90. The number of benzene rings is 2. The number of hydrogen-bond donors (Lipinski definition) is 1. The van der Waals surface area contributed by atoms with E-state index in [1.807, 2.05) is 0 Å². The Bertz CT molecular complexity index is 1040. The van der Waals surface area contributed by atoms with Gasteiger partial charge in [0.1, 0.15) is 25.3 Å². The first-order valence-electron chi connectivity index (χ1n) is 9.21. The van der Waals surface area contributed by atoms with Crippen LogP contribution in [0.1, 0.15) is 29.2 Å². The largest absolute Gasteiger partial charge is 0.573 e. The number of hydrogen-bond acceptors (Lipinski definition) is 6. The fraction of sp³-hybridized carbons (Fsp3) is 0.286. The van der Waals surface area contributed by atoms with Gasteiger partial charge in [-0.3, -0.25) is 4.79 Å². The average Bonchev–Trinajstić information content (AvgIpc) is 2.71. The Labute approximate surface area is 181 Å². The number of oxime groups is 2. The molecule has 0 aliphatic heterocycles. The van der Waals surface area contributed by atoms with E-state index in [1.54, 1.807) is 25.1 Å². The Hall–Kier alpha value is -3.63. The summed E-state index contributed by atoms with van der Waals surface area (Å²) in [6, 6.07) is 7.88. The molecule has 7 nitrogen and oxygen atoms in total. The van der Waals surface area contributed by atoms with E-state index in [0.29, 0.717) is 17.2 Å². The van der Waals surface area contributed by atoms with Crippen molar-refractivity contribution in [2.75, 3.05) is 14.2 Å². The number of likely N-dealkylation sites (N-methyl/N-ethyl adjacent to an activating group) is 1. The van der Waals surface area contributed by atoms with Crippen LogP contribution in [-0.4, -0.2) is 37.9 Å². The standard InChI is InChI=1S/C21H21F4N3O4/c1-12-6-5-7-16(19(28-30-4)20(29)26-3)17(12)11-31-27-13(2)15-9-8-14(10-18(15)22)32-21(23,24)25/h5-10H,11H2,1-4H3,(H,26,29)/b27-13+,28-19+. The van der Waals surface area contributed by atoms with E-state index in [4.69, 9.17) is 9.68 Å². The molecule has 0 aromatic heterocycles. The minimum atomic E-state index is -4.93. The van der Waals surface area contributed by atoms with Crippen LogP contribution in [0.3, 0.4) is 0 Å². The number of nitrogens with one attached hydrogen (secondary N) is 1. The molecule has 0 spiro atoms. The van der Waals surface area contributed by atoms with Gasteiger partial charge in [0, 0.05) is 29.8 Å². The van der Waals surface area contributed by atoms with E-state index in [0.717, 1.165) is 17.7 Å². The number of ether oxygens (including phenoxy) is 1. The SMILES string of the molecule is CNC(=O)/C(=N/OC)c1cccc(C)c1CO/N=C(\C)c1ccc(OC(F)(F)F)cc1F. The second kappa shape index (κ2) is 10.6. The van der Waals surface area contributed by atoms with Crippen LogP contribution < -0.4 is 10.1 Å². The van der Waals surface area contributed by atoms with Crippen LogP contribution in [-0.2, 0) is 21.1 Å². The van der Waals surface area contributed by atoms with Crippen LogP contribution in [0.25, 0.3) is 0 Å². The van der Waals surface area contributed by atoms with Crippen LogP contribution in [0, 0.1) is 12.7 Å². The number of alkyl halides is 3. The van der Waals surface area contributed by atoms with E-state index < -0.39 is 23.8 Å². The van der Waals surface area contributed by atoms with E-state index in [9.17, 15) is 22.4 Å². The van der Waals surface area contributed by atoms with Gasteiger partial charge in [-0.25, -0.2) is 4.39 Å². The second-order valence-corrected chi connectivity index (χ2v) is 6.44. The molecule has 0 radical (unpaired) electrons. The number of aryl methyl sites for hydroxylation is 1. The lowest BCUT2D eigenvalue weighted by Gasteiger charge is -2.13. The van der Waals surface area contributed by atoms with Gasteiger partial charge in [-0.1, -0.05) is 28.5 Å². The van der Waals surface area contributed by atoms with Crippen molar-refractivity contribution in [3.05, 3.63) is 64.5 Å². The summed E-state index contributed by atoms with van der Waals surface area (Å²) in [6.45, 7) is 3.14. The predicted molar refractivity (Wildman–Crippen MR) is 109 cm³/mol. The molecule has 0 heterocycles. The zero-order chi connectivity index (χ0) is 23.9. The molecule has 11 heteroatoms. The molecule has 0 fully saturated rings. The lowest BCUT2D eigenvalue weighted by Crippen LogP contribution is -2.29. The van der Waals surface area contributed by atoms with Crippen molar-refractivity contribution in [2.24, 2.45) is 10.3 Å². The van der Waals surface area contributed by atoms with Crippen LogP contribution in [0.15, 0.2) is 46.7 Å². The second-order valence-electron chi connectivity index (χ2n) is 6.44. The van der Waals surface area contributed by atoms with Gasteiger partial charge in [0.15, 0.2) is 5.71 Å². The molecule has 2 rings (SSSR count). The lowest BCUT2D eigenvalue weighted by atomic mass is 9.98. The van der Waals surface area contributed by atoms with Gasteiger partial charge in [0.05, 0.1) is 5.71 Å². The van der Waals surface area contributed by atoms with Gasteiger partial charge in [-0.2, -0.15) is 0 Å². The molecule has 32 heavy (non-hydrogen) atoms. The van der Waals surface area contributed by atoms with Crippen molar-refractivity contribution in [2.45, 2.75) is 26.8 Å². The van der Waals surface area contributed by atoms with Crippen molar-refractivity contribution in [1.29, 1.82) is 0 Å². The number of carbonyl (C=O) groups excluding carboxylic acids is 1. The van der Waals surface area contributed by atoms with E-state index >= 15 is 0 Å². The van der Waals surface area contributed by atoms with E-state index in [2.05, 4.69) is 20.4 Å². The Balaban J connectivity index is 2.24. The van der Waals surface area contributed by atoms with E-state index in [-0.39, 0.29) is 23.6 Å². The highest BCUT2D eigenvalue weighted by molar-refractivity contribution is 6.45. The van der Waals surface area contributed by atoms with Crippen LogP contribution >= 0.6 is 0 Å². The van der Waals surface area contributed by atoms with Crippen molar-refractivity contribution in [3.63, 3.8) is 0 Å². The smallest absolute Gasteiger partial charge is 0.406 e. The number of halogens is 4. The molecule has 0 atom stereocenters. The normalized spacial score (nSPS) is 12.4. The summed E-state index contributed by atoms with van der Waals surface area (Å²) in [5, 5.41) is 10.1. The zero-order valence-corrected chi connectivity index (χ0v) is 17.7. The minimum Gasteiger partial charge on any atom is -0.406 e. The molecule has 0 unspecified atom stereocenters. The van der Waals surface area contributed by atoms with Crippen LogP contribution in [0.5, 0.6) is 5.75 Å². The maximum atomic E-state index is 14.2. The van der Waals surface area contributed by atoms with Gasteiger partial charge in [0.2, 0.25) is 0 Å². The Morgan fingerprint density at radius 2 is 1.84 bits per heavy atom. The molecule has 0 saturated heterocycles. The first-order chi connectivity index (χ1) is 15.1. The minimum absolute atomic E-state index is 0.0318. The highest BCUT2D eigenvalue weighted by Gasteiger charge is 2.31. The predicted octanol–water partition coefficient (Wildman–Crippen LogP) is 4.07. The van der Waals surface area contributed by atoms with Gasteiger partial charge in [-0.05, 0) is 31.5 Å². The first-order valence-corrected chi connectivity index (χ1v) is 9.21. The number of rotatable bonds is 8. The number of amides is 1. The molecule has 0 aliphatic carbocycles. The van der Waals surface area contributed by atoms with Gasteiger partial charge in [0.25, 0.3) is 5.91 Å². The molecular formula is C21H21F4N3O4. The summed E-state index contributed by atoms with van der Waals surface area (Å²) in [4.78, 5) is 22.3. The molecule has 2 aromatic carbocycles. The third kappa shape index (κ3) is 6.43. The molecule has 0 bridgehead atoms. The molecule has 172 valence electrons. The topological polar surface area (TPSA) is 81.5 Å². The monoisotopic (exact) mass is 455 g/mol. The van der Waals surface area contributed by atoms with Crippen molar-refractivity contribution < 1.29 is 36.8 Å². The highest BCUT2D eigenvalue weighted by Crippen LogP contribution is 2.25. The number of nitrogens with zero attached hydrogens (tertiary/aromatic N) is 2. The molecule has 0 saturated carbocycles. The summed E-state index contributed by atoms with van der Waals surface area (Å²) < 4.78 is 54.7. The quantitative estimate of drug-likeness (QED) is 0.370. The molecule has 1 N–H and O–H groups in total. The summed E-state index contributed by atoms with van der Waals surface area (Å²) in [7, 11) is 2.76. The molecule has 1 amide bonds. The molecule has 2 aromatic rings. The third-order valence-corrected chi connectivity index (χ3v) is 4.26. The van der Waals surface area contributed by atoms with Crippen molar-refractivity contribution in [3.8, 4) is 5.75 Å². The summed E-state index contributed by atoms with van der Waals surface area (Å²) in [6.07, 6.45) is -4.93. The molecule has 0 aliphatic rings. The van der Waals surface area contributed by atoms with E-state index in [1.165, 1.54) is 21.1 Å². The first kappa shape index (κ1) is 24.6. The Morgan fingerprint density at radius 3 is 2.44 bits per heavy atom. The lowest BCUT2D eigenvalue weighted by molar-refractivity contribution is -0.274.